The molecule has 0 heterocycles. The minimum atomic E-state index is 0.197. The molecule has 0 aromatic heterocycles. The number of nitrogens with one attached hydrogen (secondary N) is 1. The Kier molecular flexibility index (Phi) is 4.92. The van der Waals surface area contributed by atoms with Crippen molar-refractivity contribution in [2.75, 3.05) is 6.54 Å². The summed E-state index contributed by atoms with van der Waals surface area (Å²) < 4.78 is 0. The van der Waals surface area contributed by atoms with Gasteiger partial charge in [-0.15, -0.1) is 0 Å². The average Bonchev–Trinajstić information content (AvgIpc) is 2.37. The van der Waals surface area contributed by atoms with E-state index >= 15 is 0 Å². The average molecular weight is 280 g/mol. The fourth-order valence-electron chi connectivity index (χ4n) is 3.07. The molecule has 0 spiro atoms. The van der Waals surface area contributed by atoms with Crippen LogP contribution in [0.5, 0.6) is 0 Å². The Balaban J connectivity index is 2.10. The minimum Gasteiger partial charge on any atom is -0.312 e. The molecule has 0 amide bonds. The van der Waals surface area contributed by atoms with Crippen LogP contribution >= 0.6 is 11.6 Å². The fourth-order valence-corrected chi connectivity index (χ4v) is 3.35. The predicted molar refractivity (Wildman–Crippen MR) is 83.9 cm³/mol. The van der Waals surface area contributed by atoms with Crippen molar-refractivity contribution in [3.63, 3.8) is 0 Å². The second kappa shape index (κ2) is 6.28. The summed E-state index contributed by atoms with van der Waals surface area (Å²) in [7, 11) is 0. The zero-order valence-corrected chi connectivity index (χ0v) is 13.1. The van der Waals surface area contributed by atoms with Crippen molar-refractivity contribution >= 4 is 11.6 Å². The van der Waals surface area contributed by atoms with Crippen molar-refractivity contribution in [3.8, 4) is 0 Å². The van der Waals surface area contributed by atoms with Gasteiger partial charge in [0.05, 0.1) is 0 Å². The molecule has 2 atom stereocenters. The molecule has 1 aromatic carbocycles. The molecule has 19 heavy (non-hydrogen) atoms. The lowest BCUT2D eigenvalue weighted by molar-refractivity contribution is 0.269. The van der Waals surface area contributed by atoms with E-state index in [1.807, 2.05) is 12.1 Å². The van der Waals surface area contributed by atoms with Crippen LogP contribution in [0.2, 0.25) is 5.02 Å². The summed E-state index contributed by atoms with van der Waals surface area (Å²) in [6.45, 7) is 7.81. The quantitative estimate of drug-likeness (QED) is 0.821. The molecule has 1 aliphatic carbocycles. The Morgan fingerprint density at radius 2 is 1.84 bits per heavy atom. The second-order valence-electron chi connectivity index (χ2n) is 6.80. The van der Waals surface area contributed by atoms with Crippen LogP contribution in [-0.2, 0) is 0 Å². The van der Waals surface area contributed by atoms with Gasteiger partial charge in [0.1, 0.15) is 0 Å². The van der Waals surface area contributed by atoms with Gasteiger partial charge in [0.25, 0.3) is 0 Å². The lowest BCUT2D eigenvalue weighted by Crippen LogP contribution is -2.41. The Bertz CT molecular complexity index is 408. The van der Waals surface area contributed by atoms with Gasteiger partial charge in [-0.1, -0.05) is 42.6 Å². The molecule has 2 rings (SSSR count). The molecule has 1 N–H and O–H groups in total. The highest BCUT2D eigenvalue weighted by molar-refractivity contribution is 6.31. The summed E-state index contributed by atoms with van der Waals surface area (Å²) in [6, 6.07) is 8.38. The summed E-state index contributed by atoms with van der Waals surface area (Å²) in [5, 5.41) is 4.61. The summed E-state index contributed by atoms with van der Waals surface area (Å²) in [6.07, 6.45) is 5.29. The van der Waals surface area contributed by atoms with Crippen molar-refractivity contribution in [2.45, 2.75) is 57.9 Å². The molecule has 106 valence electrons. The van der Waals surface area contributed by atoms with Crippen LogP contribution in [-0.4, -0.2) is 12.1 Å². The first kappa shape index (κ1) is 14.9. The van der Waals surface area contributed by atoms with E-state index in [0.29, 0.717) is 11.8 Å². The largest absolute Gasteiger partial charge is 0.312 e. The molecule has 1 saturated carbocycles. The molecule has 0 aliphatic heterocycles. The van der Waals surface area contributed by atoms with Crippen LogP contribution in [0, 0.1) is 5.92 Å². The van der Waals surface area contributed by atoms with Gasteiger partial charge in [-0.05, 0) is 63.6 Å². The lowest BCUT2D eigenvalue weighted by atomic mass is 9.75. The third-order valence-corrected chi connectivity index (χ3v) is 4.45. The van der Waals surface area contributed by atoms with E-state index in [4.69, 9.17) is 11.6 Å². The van der Waals surface area contributed by atoms with Crippen LogP contribution in [0.25, 0.3) is 0 Å². The van der Waals surface area contributed by atoms with Crippen molar-refractivity contribution in [3.05, 3.63) is 34.9 Å². The molecule has 1 aliphatic rings. The van der Waals surface area contributed by atoms with Gasteiger partial charge in [0.15, 0.2) is 0 Å². The third kappa shape index (κ3) is 4.22. The summed E-state index contributed by atoms with van der Waals surface area (Å²) in [4.78, 5) is 0. The molecule has 0 radical (unpaired) electrons. The normalized spacial score (nSPS) is 24.4. The smallest absolute Gasteiger partial charge is 0.0440 e. The number of hydrogen-bond acceptors (Lipinski definition) is 1. The zero-order valence-electron chi connectivity index (χ0n) is 12.4. The van der Waals surface area contributed by atoms with Crippen LogP contribution in [0.15, 0.2) is 24.3 Å². The monoisotopic (exact) mass is 279 g/mol. The fraction of sp³-hybridized carbons (Fsp3) is 0.647. The highest BCUT2D eigenvalue weighted by Gasteiger charge is 2.28. The molecule has 1 fully saturated rings. The highest BCUT2D eigenvalue weighted by Crippen LogP contribution is 2.40. The van der Waals surface area contributed by atoms with Crippen molar-refractivity contribution in [2.24, 2.45) is 5.92 Å². The first-order chi connectivity index (χ1) is 8.97. The Hall–Kier alpha value is -0.530. The van der Waals surface area contributed by atoms with E-state index in [9.17, 15) is 0 Å². The number of benzene rings is 1. The molecular weight excluding hydrogens is 254 g/mol. The van der Waals surface area contributed by atoms with Crippen LogP contribution < -0.4 is 5.32 Å². The number of rotatable bonds is 3. The van der Waals surface area contributed by atoms with Gasteiger partial charge < -0.3 is 5.32 Å². The molecule has 0 saturated heterocycles. The van der Waals surface area contributed by atoms with E-state index in [1.165, 1.54) is 31.2 Å². The lowest BCUT2D eigenvalue weighted by Gasteiger charge is -2.35. The number of hydrogen-bond donors (Lipinski definition) is 1. The first-order valence-corrected chi connectivity index (χ1v) is 7.84. The Morgan fingerprint density at radius 3 is 2.53 bits per heavy atom. The second-order valence-corrected chi connectivity index (χ2v) is 7.21. The number of halogens is 1. The van der Waals surface area contributed by atoms with Crippen LogP contribution in [0.3, 0.4) is 0 Å². The topological polar surface area (TPSA) is 12.0 Å². The summed E-state index contributed by atoms with van der Waals surface area (Å²) in [5.74, 6) is 1.34. The van der Waals surface area contributed by atoms with E-state index < -0.39 is 0 Å². The van der Waals surface area contributed by atoms with Crippen molar-refractivity contribution in [1.29, 1.82) is 0 Å². The standard InChI is InChI=1S/C17H26ClN/c1-17(2,3)19-12-13-8-4-5-9-14(13)15-10-6-7-11-16(15)18/h6-7,10-11,13-14,19H,4-5,8-9,12H2,1-3H3. The third-order valence-electron chi connectivity index (χ3n) is 4.11. The SMILES string of the molecule is CC(C)(C)NCC1CCCCC1c1ccccc1Cl. The van der Waals surface area contributed by atoms with Gasteiger partial charge in [-0.25, -0.2) is 0 Å². The van der Waals surface area contributed by atoms with Gasteiger partial charge in [-0.2, -0.15) is 0 Å². The maximum atomic E-state index is 6.39. The Morgan fingerprint density at radius 1 is 1.16 bits per heavy atom. The highest BCUT2D eigenvalue weighted by atomic mass is 35.5. The van der Waals surface area contributed by atoms with Gasteiger partial charge >= 0.3 is 0 Å². The predicted octanol–water partition coefficient (Wildman–Crippen LogP) is 5.00. The molecular formula is C17H26ClN. The van der Waals surface area contributed by atoms with E-state index in [1.54, 1.807) is 0 Å². The molecule has 2 unspecified atom stereocenters. The molecule has 1 nitrogen and oxygen atoms in total. The molecule has 1 aromatic rings. The van der Waals surface area contributed by atoms with Crippen LogP contribution in [0.1, 0.15) is 57.9 Å². The Labute approximate surface area is 122 Å². The summed E-state index contributed by atoms with van der Waals surface area (Å²) >= 11 is 6.39. The first-order valence-electron chi connectivity index (χ1n) is 7.47. The molecule has 0 bridgehead atoms. The maximum Gasteiger partial charge on any atom is 0.0440 e. The van der Waals surface area contributed by atoms with Gasteiger partial charge in [0.2, 0.25) is 0 Å². The summed E-state index contributed by atoms with van der Waals surface area (Å²) in [5.41, 5.74) is 1.55. The van der Waals surface area contributed by atoms with Crippen molar-refractivity contribution < 1.29 is 0 Å². The maximum absolute atomic E-state index is 6.39. The zero-order chi connectivity index (χ0) is 13.9. The van der Waals surface area contributed by atoms with E-state index in [-0.39, 0.29) is 5.54 Å². The van der Waals surface area contributed by atoms with Gasteiger partial charge in [-0.3, -0.25) is 0 Å². The van der Waals surface area contributed by atoms with E-state index in [0.717, 1.165) is 11.6 Å². The van der Waals surface area contributed by atoms with Crippen LogP contribution in [0.4, 0.5) is 0 Å². The van der Waals surface area contributed by atoms with Crippen molar-refractivity contribution in [1.82, 2.24) is 5.32 Å². The molecule has 2 heteroatoms. The van der Waals surface area contributed by atoms with E-state index in [2.05, 4.69) is 38.2 Å². The van der Waals surface area contributed by atoms with Gasteiger partial charge in [0, 0.05) is 10.6 Å². The minimum absolute atomic E-state index is 0.197.